The van der Waals surface area contributed by atoms with Gasteiger partial charge in [0, 0.05) is 13.0 Å². The fourth-order valence-corrected chi connectivity index (χ4v) is 6.91. The van der Waals surface area contributed by atoms with Gasteiger partial charge in [0.1, 0.15) is 29.2 Å². The molecular formula is C31H54N2O8. The van der Waals surface area contributed by atoms with E-state index in [1.807, 2.05) is 6.92 Å². The SMILES string of the molecule is CC1CC(C)C(C2OC(CNCC3CC3)=CCC2C)C(O)C1OC1OCC(C)(O)C(N(C)C(=O)OC(C)(C)C)C1O. The van der Waals surface area contributed by atoms with Crippen LogP contribution in [0.3, 0.4) is 0 Å². The summed E-state index contributed by atoms with van der Waals surface area (Å²) in [5, 5.41) is 37.7. The van der Waals surface area contributed by atoms with Crippen molar-refractivity contribution in [2.45, 2.75) is 122 Å². The Balaban J connectivity index is 1.45. The van der Waals surface area contributed by atoms with E-state index in [9.17, 15) is 20.1 Å². The van der Waals surface area contributed by atoms with Gasteiger partial charge in [0.25, 0.3) is 0 Å². The van der Waals surface area contributed by atoms with Gasteiger partial charge in [-0.1, -0.05) is 20.8 Å². The highest BCUT2D eigenvalue weighted by atomic mass is 16.7. The summed E-state index contributed by atoms with van der Waals surface area (Å²) in [4.78, 5) is 14.1. The average Bonchev–Trinajstić information content (AvgIpc) is 3.67. The minimum Gasteiger partial charge on any atom is -0.493 e. The second kappa shape index (κ2) is 12.7. The lowest BCUT2D eigenvalue weighted by Crippen LogP contribution is -2.68. The van der Waals surface area contributed by atoms with Crippen LogP contribution in [0.25, 0.3) is 0 Å². The predicted molar refractivity (Wildman–Crippen MR) is 154 cm³/mol. The molecule has 1 saturated heterocycles. The Bertz CT molecular complexity index is 932. The van der Waals surface area contributed by atoms with Crippen LogP contribution in [0.4, 0.5) is 4.79 Å². The molecule has 0 spiro atoms. The van der Waals surface area contributed by atoms with Gasteiger partial charge in [0.15, 0.2) is 6.29 Å². The molecule has 10 heteroatoms. The van der Waals surface area contributed by atoms with Crippen LogP contribution in [0.1, 0.15) is 74.1 Å². The second-order valence-corrected chi connectivity index (χ2v) is 14.5. The minimum atomic E-state index is -1.54. The van der Waals surface area contributed by atoms with E-state index in [1.54, 1.807) is 20.8 Å². The molecule has 11 unspecified atom stereocenters. The largest absolute Gasteiger partial charge is 0.493 e. The summed E-state index contributed by atoms with van der Waals surface area (Å²) in [5.74, 6) is 1.99. The Labute approximate surface area is 245 Å². The van der Waals surface area contributed by atoms with Gasteiger partial charge in [0.05, 0.1) is 31.4 Å². The quantitative estimate of drug-likeness (QED) is 0.341. The molecular weight excluding hydrogens is 528 g/mol. The molecule has 2 heterocycles. The van der Waals surface area contributed by atoms with Crippen molar-refractivity contribution in [3.63, 3.8) is 0 Å². The van der Waals surface area contributed by atoms with E-state index in [0.717, 1.165) is 31.1 Å². The number of hydrogen-bond acceptors (Lipinski definition) is 9. The van der Waals surface area contributed by atoms with Crippen molar-refractivity contribution in [1.82, 2.24) is 10.2 Å². The molecule has 3 fully saturated rings. The number of ether oxygens (including phenoxy) is 4. The topological polar surface area (TPSA) is 130 Å². The number of aliphatic hydroxyl groups is 3. The van der Waals surface area contributed by atoms with Gasteiger partial charge >= 0.3 is 6.09 Å². The maximum Gasteiger partial charge on any atom is 0.410 e. The van der Waals surface area contributed by atoms with E-state index in [-0.39, 0.29) is 36.4 Å². The van der Waals surface area contributed by atoms with E-state index < -0.39 is 47.9 Å². The zero-order valence-corrected chi connectivity index (χ0v) is 26.2. The molecule has 0 radical (unpaired) electrons. The van der Waals surface area contributed by atoms with Crippen molar-refractivity contribution in [2.75, 3.05) is 26.7 Å². The Kier molecular flexibility index (Phi) is 10.0. The minimum absolute atomic E-state index is 0.00867. The lowest BCUT2D eigenvalue weighted by molar-refractivity contribution is -0.310. The summed E-state index contributed by atoms with van der Waals surface area (Å²) < 4.78 is 24.2. The van der Waals surface area contributed by atoms with Crippen LogP contribution in [-0.2, 0) is 18.9 Å². The number of nitrogens with zero attached hydrogens (tertiary/aromatic N) is 1. The second-order valence-electron chi connectivity index (χ2n) is 14.5. The van der Waals surface area contributed by atoms with E-state index in [2.05, 4.69) is 25.2 Å². The maximum atomic E-state index is 12.8. The molecule has 1 amide bonds. The van der Waals surface area contributed by atoms with Crippen molar-refractivity contribution in [2.24, 2.45) is 29.6 Å². The van der Waals surface area contributed by atoms with Gasteiger partial charge in [-0.2, -0.15) is 0 Å². The van der Waals surface area contributed by atoms with Crippen LogP contribution in [-0.4, -0.2) is 101 Å². The lowest BCUT2D eigenvalue weighted by atomic mass is 9.67. The Morgan fingerprint density at radius 1 is 1.15 bits per heavy atom. The molecule has 11 atom stereocenters. The van der Waals surface area contributed by atoms with Crippen LogP contribution in [0.15, 0.2) is 11.8 Å². The van der Waals surface area contributed by atoms with Gasteiger partial charge in [-0.05, 0) is 89.7 Å². The number of allylic oxidation sites excluding steroid dienone is 1. The number of carbonyl (C=O) groups excluding carboxylic acids is 1. The third-order valence-corrected chi connectivity index (χ3v) is 9.24. The fourth-order valence-electron chi connectivity index (χ4n) is 6.91. The van der Waals surface area contributed by atoms with Crippen LogP contribution in [0, 0.1) is 29.6 Å². The normalized spacial score (nSPS) is 41.8. The molecule has 236 valence electrons. The summed E-state index contributed by atoms with van der Waals surface area (Å²) >= 11 is 0. The van der Waals surface area contributed by atoms with E-state index >= 15 is 0 Å². The fraction of sp³-hybridized carbons (Fsp3) is 0.903. The molecule has 4 aliphatic rings. The van der Waals surface area contributed by atoms with Crippen LogP contribution >= 0.6 is 0 Å². The van der Waals surface area contributed by atoms with Crippen molar-refractivity contribution in [1.29, 1.82) is 0 Å². The Morgan fingerprint density at radius 3 is 2.46 bits per heavy atom. The number of likely N-dealkylation sites (N-methyl/N-ethyl adjacent to an activating group) is 1. The van der Waals surface area contributed by atoms with Gasteiger partial charge in [-0.25, -0.2) is 4.79 Å². The summed E-state index contributed by atoms with van der Waals surface area (Å²) in [7, 11) is 1.49. The molecule has 2 aliphatic heterocycles. The molecule has 2 aliphatic carbocycles. The molecule has 0 aromatic heterocycles. The van der Waals surface area contributed by atoms with Crippen LogP contribution < -0.4 is 5.32 Å². The molecule has 0 aromatic carbocycles. The van der Waals surface area contributed by atoms with Crippen molar-refractivity contribution < 1.29 is 39.1 Å². The molecule has 0 bridgehead atoms. The monoisotopic (exact) mass is 582 g/mol. The van der Waals surface area contributed by atoms with Crippen molar-refractivity contribution >= 4 is 6.09 Å². The smallest absolute Gasteiger partial charge is 0.410 e. The highest BCUT2D eigenvalue weighted by Crippen LogP contribution is 2.44. The van der Waals surface area contributed by atoms with Crippen molar-refractivity contribution in [3.8, 4) is 0 Å². The van der Waals surface area contributed by atoms with Crippen LogP contribution in [0.5, 0.6) is 0 Å². The van der Waals surface area contributed by atoms with Gasteiger partial charge < -0.3 is 44.5 Å². The molecule has 4 rings (SSSR count). The predicted octanol–water partition coefficient (Wildman–Crippen LogP) is 3.04. The third kappa shape index (κ3) is 7.75. The van der Waals surface area contributed by atoms with Gasteiger partial charge in [-0.3, -0.25) is 0 Å². The summed E-state index contributed by atoms with van der Waals surface area (Å²) in [5.41, 5.74) is -2.28. The van der Waals surface area contributed by atoms with E-state index in [4.69, 9.17) is 18.9 Å². The summed E-state index contributed by atoms with van der Waals surface area (Å²) in [6.45, 7) is 14.7. The van der Waals surface area contributed by atoms with Crippen molar-refractivity contribution in [3.05, 3.63) is 11.8 Å². The highest BCUT2D eigenvalue weighted by Gasteiger charge is 2.54. The van der Waals surface area contributed by atoms with E-state index in [1.165, 1.54) is 31.7 Å². The zero-order valence-electron chi connectivity index (χ0n) is 26.2. The third-order valence-electron chi connectivity index (χ3n) is 9.24. The Hall–Kier alpha value is -1.43. The molecule has 2 saturated carbocycles. The highest BCUT2D eigenvalue weighted by molar-refractivity contribution is 5.68. The van der Waals surface area contributed by atoms with Gasteiger partial charge in [-0.15, -0.1) is 0 Å². The zero-order chi connectivity index (χ0) is 30.3. The number of carbonyl (C=O) groups is 1. The number of aliphatic hydroxyl groups excluding tert-OH is 2. The first-order valence-electron chi connectivity index (χ1n) is 15.5. The first-order valence-corrected chi connectivity index (χ1v) is 15.5. The van der Waals surface area contributed by atoms with Crippen LogP contribution in [0.2, 0.25) is 0 Å². The number of nitrogens with one attached hydrogen (secondary N) is 1. The average molecular weight is 583 g/mol. The van der Waals surface area contributed by atoms with Gasteiger partial charge in [0.2, 0.25) is 0 Å². The summed E-state index contributed by atoms with van der Waals surface area (Å²) in [6, 6.07) is -1.04. The molecule has 0 aromatic rings. The lowest BCUT2D eigenvalue weighted by Gasteiger charge is -2.51. The number of amides is 1. The number of hydrogen-bond donors (Lipinski definition) is 4. The van der Waals surface area contributed by atoms with E-state index in [0.29, 0.717) is 6.54 Å². The first kappa shape index (κ1) is 32.5. The summed E-state index contributed by atoms with van der Waals surface area (Å²) in [6.07, 6.45) is 1.66. The first-order chi connectivity index (χ1) is 19.1. The maximum absolute atomic E-state index is 12.8. The number of rotatable bonds is 8. The molecule has 41 heavy (non-hydrogen) atoms. The molecule has 4 N–H and O–H groups in total. The Morgan fingerprint density at radius 2 is 1.83 bits per heavy atom. The molecule has 10 nitrogen and oxygen atoms in total. The standard InChI is InChI=1S/C31H54N2O8/c1-17-9-12-21(15-32-14-20-10-11-20)39-25(17)22-18(2)13-19(3)26(23(22)34)40-28-24(35)27(31(7,37)16-38-28)33(8)29(36)41-30(4,5)6/h12,17-20,22-28,32,34-35,37H,9-11,13-16H2,1-8H3.